The molecule has 1 aliphatic rings. The van der Waals surface area contributed by atoms with Crippen LogP contribution in [0.2, 0.25) is 0 Å². The molecule has 0 aliphatic carbocycles. The van der Waals surface area contributed by atoms with Crippen LogP contribution in [0.15, 0.2) is 18.2 Å². The first-order valence-electron chi connectivity index (χ1n) is 8.51. The second kappa shape index (κ2) is 8.85. The number of likely N-dealkylation sites (N-methyl/N-ethyl adjacent to an activating group) is 1. The number of carbonyl (C=O) groups excluding carboxylic acids is 2. The Balaban J connectivity index is 1.90. The SMILES string of the molecule is CN(C(=O)COC(=O)CNc1ccc(C(F)(F)F)cc1[N+](=O)[O-])C1CCS(=O)(=O)C1. The molecule has 2 rings (SSSR count). The van der Waals surface area contributed by atoms with Crippen LogP contribution in [-0.4, -0.2) is 67.9 Å². The molecule has 0 spiro atoms. The van der Waals surface area contributed by atoms with Crippen molar-refractivity contribution in [2.24, 2.45) is 0 Å². The van der Waals surface area contributed by atoms with Crippen molar-refractivity contribution in [3.05, 3.63) is 33.9 Å². The van der Waals surface area contributed by atoms with E-state index in [-0.39, 0.29) is 23.6 Å². The Bertz CT molecular complexity index is 950. The number of esters is 1. The summed E-state index contributed by atoms with van der Waals surface area (Å²) in [5.74, 6) is -1.83. The quantitative estimate of drug-likeness (QED) is 0.370. The number of alkyl halides is 3. The van der Waals surface area contributed by atoms with Gasteiger partial charge in [0.1, 0.15) is 12.2 Å². The number of halogens is 3. The standard InChI is InChI=1S/C16H18F3N3O7S/c1-21(11-4-5-30(27,28)9-11)14(23)8-29-15(24)7-20-12-3-2-10(16(17,18)19)6-13(12)22(25)26/h2-3,6,11,20H,4-5,7-9H2,1H3. The van der Waals surface area contributed by atoms with E-state index in [1.54, 1.807) is 0 Å². The lowest BCUT2D eigenvalue weighted by Crippen LogP contribution is -2.40. The molecule has 10 nitrogen and oxygen atoms in total. The fraction of sp³-hybridized carbons (Fsp3) is 0.500. The summed E-state index contributed by atoms with van der Waals surface area (Å²) in [6.45, 7) is -1.32. The minimum atomic E-state index is -4.77. The highest BCUT2D eigenvalue weighted by molar-refractivity contribution is 7.91. The Hall–Kier alpha value is -2.90. The lowest BCUT2D eigenvalue weighted by atomic mass is 10.1. The molecule has 0 radical (unpaired) electrons. The number of nitro groups is 1. The number of anilines is 1. The molecule has 14 heteroatoms. The summed E-state index contributed by atoms with van der Waals surface area (Å²) in [5.41, 5.74) is -2.43. The fourth-order valence-electron chi connectivity index (χ4n) is 2.76. The number of ether oxygens (including phenoxy) is 1. The fourth-order valence-corrected chi connectivity index (χ4v) is 4.53. The minimum absolute atomic E-state index is 0.0368. The highest BCUT2D eigenvalue weighted by Crippen LogP contribution is 2.34. The maximum Gasteiger partial charge on any atom is 0.416 e. The number of amides is 1. The summed E-state index contributed by atoms with van der Waals surface area (Å²) in [7, 11) is -1.82. The van der Waals surface area contributed by atoms with E-state index in [0.29, 0.717) is 12.1 Å². The highest BCUT2D eigenvalue weighted by Gasteiger charge is 2.34. The molecule has 1 unspecified atom stereocenters. The van der Waals surface area contributed by atoms with E-state index in [0.717, 1.165) is 6.07 Å². The first kappa shape index (κ1) is 23.4. The molecule has 1 saturated heterocycles. The summed E-state index contributed by atoms with van der Waals surface area (Å²) in [5, 5.41) is 13.3. The number of benzene rings is 1. The highest BCUT2D eigenvalue weighted by atomic mass is 32.2. The molecule has 1 fully saturated rings. The Morgan fingerprint density at radius 2 is 2.03 bits per heavy atom. The maximum absolute atomic E-state index is 12.7. The van der Waals surface area contributed by atoms with Gasteiger partial charge in [-0.2, -0.15) is 13.2 Å². The normalized spacial score (nSPS) is 17.9. The van der Waals surface area contributed by atoms with Gasteiger partial charge in [-0.25, -0.2) is 8.42 Å². The smallest absolute Gasteiger partial charge is 0.416 e. The van der Waals surface area contributed by atoms with Crippen LogP contribution < -0.4 is 5.32 Å². The van der Waals surface area contributed by atoms with Crippen molar-refractivity contribution in [1.82, 2.24) is 4.90 Å². The molecule has 1 N–H and O–H groups in total. The summed E-state index contributed by atoms with van der Waals surface area (Å²) in [6.07, 6.45) is -4.50. The van der Waals surface area contributed by atoms with Crippen LogP contribution in [0.5, 0.6) is 0 Å². The average Bonchev–Trinajstić information content (AvgIpc) is 3.02. The zero-order valence-electron chi connectivity index (χ0n) is 15.6. The first-order valence-corrected chi connectivity index (χ1v) is 10.3. The number of nitrogens with zero attached hydrogens (tertiary/aromatic N) is 2. The van der Waals surface area contributed by atoms with Crippen LogP contribution in [0.25, 0.3) is 0 Å². The Morgan fingerprint density at radius 1 is 1.37 bits per heavy atom. The first-order chi connectivity index (χ1) is 13.8. The molecule has 0 saturated carbocycles. The topological polar surface area (TPSA) is 136 Å². The number of hydrogen-bond acceptors (Lipinski definition) is 8. The van der Waals surface area contributed by atoms with Gasteiger partial charge in [-0.3, -0.25) is 19.7 Å². The van der Waals surface area contributed by atoms with Gasteiger partial charge in [0.05, 0.1) is 22.0 Å². The zero-order chi connectivity index (χ0) is 22.7. The van der Waals surface area contributed by atoms with Crippen LogP contribution in [0.3, 0.4) is 0 Å². The largest absolute Gasteiger partial charge is 0.454 e. The molecule has 1 atom stereocenters. The van der Waals surface area contributed by atoms with Crippen molar-refractivity contribution in [1.29, 1.82) is 0 Å². The van der Waals surface area contributed by atoms with E-state index >= 15 is 0 Å². The molecule has 166 valence electrons. The number of hydrogen-bond donors (Lipinski definition) is 1. The monoisotopic (exact) mass is 453 g/mol. The van der Waals surface area contributed by atoms with E-state index < -0.39 is 63.3 Å². The molecule has 1 aliphatic heterocycles. The van der Waals surface area contributed by atoms with Crippen molar-refractivity contribution < 1.29 is 40.8 Å². The van der Waals surface area contributed by atoms with Gasteiger partial charge < -0.3 is 15.0 Å². The minimum Gasteiger partial charge on any atom is -0.454 e. The second-order valence-corrected chi connectivity index (χ2v) is 8.79. The molecule has 30 heavy (non-hydrogen) atoms. The molecular weight excluding hydrogens is 435 g/mol. The van der Waals surface area contributed by atoms with Crippen molar-refractivity contribution in [3.63, 3.8) is 0 Å². The summed E-state index contributed by atoms with van der Waals surface area (Å²) < 4.78 is 65.7. The number of nitrogens with one attached hydrogen (secondary N) is 1. The number of nitro benzene ring substituents is 1. The number of rotatable bonds is 7. The van der Waals surface area contributed by atoms with Gasteiger partial charge in [0.25, 0.3) is 11.6 Å². The third-order valence-corrected chi connectivity index (χ3v) is 6.20. The molecule has 1 aromatic carbocycles. The van der Waals surface area contributed by atoms with Gasteiger partial charge in [-0.15, -0.1) is 0 Å². The van der Waals surface area contributed by atoms with E-state index in [1.165, 1.54) is 11.9 Å². The maximum atomic E-state index is 12.7. The van der Waals surface area contributed by atoms with Crippen LogP contribution in [0.1, 0.15) is 12.0 Å². The molecule has 0 aromatic heterocycles. The zero-order valence-corrected chi connectivity index (χ0v) is 16.5. The van der Waals surface area contributed by atoms with E-state index in [2.05, 4.69) is 5.32 Å². The summed E-state index contributed by atoms with van der Waals surface area (Å²) in [4.78, 5) is 34.9. The predicted molar refractivity (Wildman–Crippen MR) is 97.4 cm³/mol. The van der Waals surface area contributed by atoms with Crippen LogP contribution in [0.4, 0.5) is 24.5 Å². The van der Waals surface area contributed by atoms with Crippen molar-refractivity contribution >= 4 is 33.1 Å². The third kappa shape index (κ3) is 6.05. The molecular formula is C16H18F3N3O7S. The molecule has 0 bridgehead atoms. The van der Waals surface area contributed by atoms with Crippen LogP contribution >= 0.6 is 0 Å². The van der Waals surface area contributed by atoms with Crippen molar-refractivity contribution in [2.45, 2.75) is 18.6 Å². The van der Waals surface area contributed by atoms with E-state index in [1.807, 2.05) is 0 Å². The Kier molecular flexibility index (Phi) is 6.90. The van der Waals surface area contributed by atoms with Crippen molar-refractivity contribution in [3.8, 4) is 0 Å². The van der Waals surface area contributed by atoms with Gasteiger partial charge in [0, 0.05) is 19.2 Å². The lowest BCUT2D eigenvalue weighted by Gasteiger charge is -2.23. The lowest BCUT2D eigenvalue weighted by molar-refractivity contribution is -0.384. The number of sulfone groups is 1. The molecule has 1 aromatic rings. The van der Waals surface area contributed by atoms with E-state index in [9.17, 15) is 41.3 Å². The van der Waals surface area contributed by atoms with Gasteiger partial charge in [-0.05, 0) is 18.6 Å². The van der Waals surface area contributed by atoms with Gasteiger partial charge >= 0.3 is 12.1 Å². The predicted octanol–water partition coefficient (Wildman–Crippen LogP) is 1.21. The van der Waals surface area contributed by atoms with Crippen molar-refractivity contribution in [2.75, 3.05) is 37.0 Å². The van der Waals surface area contributed by atoms with Crippen LogP contribution in [0, 0.1) is 10.1 Å². The Labute approximate surface area is 169 Å². The summed E-state index contributed by atoms with van der Waals surface area (Å²) in [6, 6.07) is 1.25. The second-order valence-electron chi connectivity index (χ2n) is 6.56. The van der Waals surface area contributed by atoms with Gasteiger partial charge in [-0.1, -0.05) is 0 Å². The van der Waals surface area contributed by atoms with Crippen LogP contribution in [-0.2, 0) is 30.3 Å². The van der Waals surface area contributed by atoms with Gasteiger partial charge in [0.2, 0.25) is 0 Å². The summed E-state index contributed by atoms with van der Waals surface area (Å²) >= 11 is 0. The molecule has 1 heterocycles. The third-order valence-electron chi connectivity index (χ3n) is 4.45. The number of carbonyl (C=O) groups is 2. The average molecular weight is 453 g/mol. The van der Waals surface area contributed by atoms with Gasteiger partial charge in [0.15, 0.2) is 16.4 Å². The Morgan fingerprint density at radius 3 is 2.57 bits per heavy atom. The molecule has 1 amide bonds. The van der Waals surface area contributed by atoms with E-state index in [4.69, 9.17) is 4.74 Å².